The Morgan fingerprint density at radius 1 is 1.06 bits per heavy atom. The maximum Gasteiger partial charge on any atom is 0.312 e. The number of imidazole rings is 1. The van der Waals surface area contributed by atoms with Gasteiger partial charge in [0.25, 0.3) is 11.3 Å². The SMILES string of the molecule is Cc1ccc(N(c2ccc(-n3cnc(C(Cc4ccc(N)nc4)C(=O)O)c3)cc2)S(=O)O)cc1. The topological polar surface area (TPSA) is 135 Å². The molecule has 0 aliphatic rings. The third kappa shape index (κ3) is 5.13. The minimum Gasteiger partial charge on any atom is -0.481 e. The predicted molar refractivity (Wildman–Crippen MR) is 130 cm³/mol. The number of pyridine rings is 1. The van der Waals surface area contributed by atoms with Crippen LogP contribution in [0, 0.1) is 6.92 Å². The maximum absolute atomic E-state index is 12.0. The summed E-state index contributed by atoms with van der Waals surface area (Å²) in [5.74, 6) is -1.47. The molecule has 2 aromatic carbocycles. The van der Waals surface area contributed by atoms with Crippen molar-refractivity contribution in [3.63, 3.8) is 0 Å². The van der Waals surface area contributed by atoms with Crippen molar-refractivity contribution < 1.29 is 18.7 Å². The van der Waals surface area contributed by atoms with Crippen molar-refractivity contribution in [2.24, 2.45) is 0 Å². The minimum atomic E-state index is -2.26. The Labute approximate surface area is 198 Å². The van der Waals surface area contributed by atoms with E-state index in [1.54, 1.807) is 71.8 Å². The van der Waals surface area contributed by atoms with Crippen LogP contribution in [-0.4, -0.2) is 34.4 Å². The maximum atomic E-state index is 12.0. The van der Waals surface area contributed by atoms with Crippen LogP contribution in [0.2, 0.25) is 0 Å². The molecule has 2 heterocycles. The van der Waals surface area contributed by atoms with Crippen molar-refractivity contribution in [3.05, 3.63) is 96.2 Å². The average molecular weight is 478 g/mol. The molecule has 0 saturated heterocycles. The lowest BCUT2D eigenvalue weighted by atomic mass is 9.98. The molecule has 34 heavy (non-hydrogen) atoms. The highest BCUT2D eigenvalue weighted by Gasteiger charge is 2.23. The fraction of sp³-hybridized carbons (Fsp3) is 0.125. The molecule has 4 rings (SSSR count). The smallest absolute Gasteiger partial charge is 0.312 e. The van der Waals surface area contributed by atoms with Crippen LogP contribution >= 0.6 is 0 Å². The molecule has 0 bridgehead atoms. The van der Waals surface area contributed by atoms with Crippen molar-refractivity contribution in [3.8, 4) is 5.69 Å². The number of anilines is 3. The third-order valence-corrected chi connectivity index (χ3v) is 6.09. The van der Waals surface area contributed by atoms with Gasteiger partial charge in [-0.25, -0.2) is 18.5 Å². The van der Waals surface area contributed by atoms with E-state index in [0.29, 0.717) is 22.9 Å². The quantitative estimate of drug-likeness (QED) is 0.328. The number of carboxylic acid groups (broad SMARTS) is 1. The second-order valence-electron chi connectivity index (χ2n) is 7.77. The van der Waals surface area contributed by atoms with E-state index in [1.165, 1.54) is 4.31 Å². The highest BCUT2D eigenvalue weighted by Crippen LogP contribution is 2.28. The van der Waals surface area contributed by atoms with E-state index in [1.807, 2.05) is 19.1 Å². The average Bonchev–Trinajstić information content (AvgIpc) is 3.30. The summed E-state index contributed by atoms with van der Waals surface area (Å²) in [6.07, 6.45) is 5.00. The van der Waals surface area contributed by atoms with E-state index in [4.69, 9.17) is 5.73 Å². The second-order valence-corrected chi connectivity index (χ2v) is 8.60. The van der Waals surface area contributed by atoms with Crippen molar-refractivity contribution in [2.75, 3.05) is 10.0 Å². The predicted octanol–water partition coefficient (Wildman–Crippen LogP) is 3.84. The minimum absolute atomic E-state index is 0.229. The van der Waals surface area contributed by atoms with E-state index >= 15 is 0 Å². The Hall–Kier alpha value is -4.02. The number of nitrogens with two attached hydrogens (primary N) is 1. The van der Waals surface area contributed by atoms with Gasteiger partial charge in [-0.15, -0.1) is 0 Å². The van der Waals surface area contributed by atoms with Crippen molar-refractivity contribution in [1.82, 2.24) is 14.5 Å². The number of nitrogens with zero attached hydrogens (tertiary/aromatic N) is 4. The first kappa shape index (κ1) is 23.1. The number of aromatic nitrogens is 3. The summed E-state index contributed by atoms with van der Waals surface area (Å²) in [6.45, 7) is 1.94. The Kier molecular flexibility index (Phi) is 6.71. The standard InChI is InChI=1S/C24H23N5O4S/c1-16-2-5-19(6-3-16)29(34(32)33)20-9-7-18(8-10-20)28-14-22(27-15-28)21(24(30)31)12-17-4-11-23(25)26-13-17/h2-11,13-15,21H,12H2,1H3,(H2,25,26)(H,30,31)(H,32,33). The van der Waals surface area contributed by atoms with Crippen molar-refractivity contribution >= 4 is 34.4 Å². The van der Waals surface area contributed by atoms with Crippen LogP contribution in [0.25, 0.3) is 5.69 Å². The Morgan fingerprint density at radius 2 is 1.71 bits per heavy atom. The summed E-state index contributed by atoms with van der Waals surface area (Å²) >= 11 is -2.26. The molecule has 174 valence electrons. The number of aliphatic carboxylic acids is 1. The molecule has 2 aromatic heterocycles. The Balaban J connectivity index is 1.57. The largest absolute Gasteiger partial charge is 0.481 e. The number of benzene rings is 2. The van der Waals surface area contributed by atoms with Gasteiger partial charge in [-0.2, -0.15) is 0 Å². The summed E-state index contributed by atoms with van der Waals surface area (Å²) in [5.41, 5.74) is 9.66. The monoisotopic (exact) mass is 477 g/mol. The molecule has 0 fully saturated rings. The van der Waals surface area contributed by atoms with Gasteiger partial charge in [0.1, 0.15) is 11.7 Å². The van der Waals surface area contributed by atoms with E-state index < -0.39 is 23.2 Å². The molecule has 0 amide bonds. The van der Waals surface area contributed by atoms with Gasteiger partial charge in [-0.05, 0) is 61.4 Å². The number of hydrogen-bond acceptors (Lipinski definition) is 5. The molecule has 0 spiro atoms. The molecule has 2 atom stereocenters. The molecule has 10 heteroatoms. The number of hydrogen-bond donors (Lipinski definition) is 3. The van der Waals surface area contributed by atoms with E-state index in [-0.39, 0.29) is 6.42 Å². The molecule has 4 aromatic rings. The molecule has 0 aliphatic carbocycles. The number of aryl methyl sites for hydroxylation is 1. The zero-order chi connectivity index (χ0) is 24.2. The van der Waals surface area contributed by atoms with Crippen molar-refractivity contribution in [1.29, 1.82) is 0 Å². The molecule has 0 radical (unpaired) electrons. The molecule has 4 N–H and O–H groups in total. The first-order chi connectivity index (χ1) is 16.3. The van der Waals surface area contributed by atoms with Crippen LogP contribution < -0.4 is 10.0 Å². The number of nitrogen functional groups attached to an aromatic ring is 1. The highest BCUT2D eigenvalue weighted by atomic mass is 32.2. The summed E-state index contributed by atoms with van der Waals surface area (Å²) in [5, 5.41) is 9.74. The van der Waals surface area contributed by atoms with E-state index in [2.05, 4.69) is 9.97 Å². The number of rotatable bonds is 8. The van der Waals surface area contributed by atoms with Gasteiger partial charge in [0.15, 0.2) is 0 Å². The number of carbonyl (C=O) groups is 1. The summed E-state index contributed by atoms with van der Waals surface area (Å²) in [7, 11) is 0. The first-order valence-corrected chi connectivity index (χ1v) is 11.4. The van der Waals surface area contributed by atoms with Gasteiger partial charge in [0, 0.05) is 18.1 Å². The lowest BCUT2D eigenvalue weighted by Gasteiger charge is -2.20. The van der Waals surface area contributed by atoms with E-state index in [0.717, 1.165) is 16.8 Å². The van der Waals surface area contributed by atoms with Crippen LogP contribution in [0.5, 0.6) is 0 Å². The molecule has 9 nitrogen and oxygen atoms in total. The molecule has 0 aliphatic heterocycles. The van der Waals surface area contributed by atoms with Crippen molar-refractivity contribution in [2.45, 2.75) is 19.3 Å². The fourth-order valence-corrected chi connectivity index (χ4v) is 4.14. The number of carboxylic acids is 1. The Bertz CT molecular complexity index is 1300. The van der Waals surface area contributed by atoms with Crippen LogP contribution in [0.4, 0.5) is 17.2 Å². The second kappa shape index (κ2) is 9.86. The molecule has 0 saturated carbocycles. The van der Waals surface area contributed by atoms with Crippen LogP contribution in [0.15, 0.2) is 79.4 Å². The van der Waals surface area contributed by atoms with Gasteiger partial charge in [0.05, 0.1) is 23.4 Å². The molecule has 2 unspecified atom stereocenters. The van der Waals surface area contributed by atoms with Gasteiger partial charge < -0.3 is 15.4 Å². The molecular weight excluding hydrogens is 454 g/mol. The first-order valence-electron chi connectivity index (χ1n) is 10.4. The lowest BCUT2D eigenvalue weighted by Crippen LogP contribution is -2.19. The Morgan fingerprint density at radius 3 is 2.26 bits per heavy atom. The zero-order valence-corrected chi connectivity index (χ0v) is 19.1. The van der Waals surface area contributed by atoms with Gasteiger partial charge in [-0.3, -0.25) is 9.35 Å². The van der Waals surface area contributed by atoms with E-state index in [9.17, 15) is 18.7 Å². The summed E-state index contributed by atoms with van der Waals surface area (Å²) < 4.78 is 24.9. The molecular formula is C24H23N5O4S. The van der Waals surface area contributed by atoms with Crippen LogP contribution in [0.3, 0.4) is 0 Å². The van der Waals surface area contributed by atoms with Crippen LogP contribution in [-0.2, 0) is 22.5 Å². The lowest BCUT2D eigenvalue weighted by molar-refractivity contribution is -0.138. The summed E-state index contributed by atoms with van der Waals surface area (Å²) in [6, 6.07) is 17.7. The van der Waals surface area contributed by atoms with Crippen LogP contribution in [0.1, 0.15) is 22.7 Å². The highest BCUT2D eigenvalue weighted by molar-refractivity contribution is 7.81. The third-order valence-electron chi connectivity index (χ3n) is 5.35. The zero-order valence-electron chi connectivity index (χ0n) is 18.3. The van der Waals surface area contributed by atoms with Gasteiger partial charge >= 0.3 is 5.97 Å². The summed E-state index contributed by atoms with van der Waals surface area (Å²) in [4.78, 5) is 20.2. The van der Waals surface area contributed by atoms with Gasteiger partial charge in [0.2, 0.25) is 0 Å². The normalized spacial score (nSPS) is 12.8. The van der Waals surface area contributed by atoms with Gasteiger partial charge in [-0.1, -0.05) is 23.8 Å². The fourth-order valence-electron chi connectivity index (χ4n) is 3.54.